The van der Waals surface area contributed by atoms with Crippen LogP contribution in [0.15, 0.2) is 34.8 Å². The lowest BCUT2D eigenvalue weighted by atomic mass is 10.2. The van der Waals surface area contributed by atoms with Gasteiger partial charge in [0.1, 0.15) is 5.75 Å². The van der Waals surface area contributed by atoms with Crippen LogP contribution in [-0.4, -0.2) is 13.7 Å². The molecule has 16 heavy (non-hydrogen) atoms. The molecule has 0 saturated heterocycles. The Morgan fingerprint density at radius 2 is 2.25 bits per heavy atom. The van der Waals surface area contributed by atoms with Crippen molar-refractivity contribution in [3.63, 3.8) is 0 Å². The molecule has 0 fully saturated rings. The van der Waals surface area contributed by atoms with Gasteiger partial charge in [-0.25, -0.2) is 0 Å². The van der Waals surface area contributed by atoms with Gasteiger partial charge < -0.3 is 10.1 Å². The Morgan fingerprint density at radius 3 is 2.94 bits per heavy atom. The van der Waals surface area contributed by atoms with E-state index in [4.69, 9.17) is 4.74 Å². The van der Waals surface area contributed by atoms with Crippen molar-refractivity contribution in [2.75, 3.05) is 13.7 Å². The molecule has 0 saturated carbocycles. The number of nitrogens with one attached hydrogen (secondary N) is 1. The molecule has 1 rings (SSSR count). The van der Waals surface area contributed by atoms with Crippen molar-refractivity contribution >= 4 is 15.9 Å². The average Bonchev–Trinajstić information content (AvgIpc) is 2.29. The highest BCUT2D eigenvalue weighted by Crippen LogP contribution is 2.22. The van der Waals surface area contributed by atoms with Gasteiger partial charge in [0.25, 0.3) is 0 Å². The summed E-state index contributed by atoms with van der Waals surface area (Å²) in [4.78, 5) is 0. The van der Waals surface area contributed by atoms with E-state index >= 15 is 0 Å². The van der Waals surface area contributed by atoms with Gasteiger partial charge in [0.05, 0.1) is 7.11 Å². The molecule has 0 aliphatic rings. The molecule has 3 heteroatoms. The number of allylic oxidation sites excluding steroid dienone is 1. The van der Waals surface area contributed by atoms with Crippen LogP contribution in [0.2, 0.25) is 0 Å². The number of hydrogen-bond acceptors (Lipinski definition) is 2. The van der Waals surface area contributed by atoms with E-state index in [-0.39, 0.29) is 0 Å². The molecule has 0 bridgehead atoms. The number of halogens is 1. The van der Waals surface area contributed by atoms with Crippen LogP contribution in [0.5, 0.6) is 5.75 Å². The van der Waals surface area contributed by atoms with Crippen molar-refractivity contribution in [2.24, 2.45) is 0 Å². The molecular formula is C13H18BrNO. The molecule has 0 radical (unpaired) electrons. The Bertz CT molecular complexity index is 350. The summed E-state index contributed by atoms with van der Waals surface area (Å²) in [6, 6.07) is 6.05. The quantitative estimate of drug-likeness (QED) is 0.637. The zero-order valence-electron chi connectivity index (χ0n) is 9.79. The summed E-state index contributed by atoms with van der Waals surface area (Å²) in [5.74, 6) is 0.932. The fraction of sp³-hybridized carbons (Fsp3) is 0.385. The highest BCUT2D eigenvalue weighted by atomic mass is 79.9. The normalized spacial score (nSPS) is 10.9. The number of methoxy groups -OCH3 is 1. The molecule has 88 valence electrons. The van der Waals surface area contributed by atoms with Gasteiger partial charge in [-0.05, 0) is 38.1 Å². The minimum Gasteiger partial charge on any atom is -0.496 e. The maximum atomic E-state index is 5.30. The van der Waals surface area contributed by atoms with Crippen LogP contribution in [-0.2, 0) is 6.54 Å². The summed E-state index contributed by atoms with van der Waals surface area (Å²) in [6.45, 7) is 3.86. The van der Waals surface area contributed by atoms with Crippen LogP contribution in [0.1, 0.15) is 18.9 Å². The first-order chi connectivity index (χ1) is 7.77. The number of rotatable bonds is 6. The number of ether oxygens (including phenoxy) is 1. The Labute approximate surface area is 106 Å². The second kappa shape index (κ2) is 7.47. The molecule has 1 aromatic rings. The molecule has 0 aliphatic heterocycles. The van der Waals surface area contributed by atoms with Gasteiger partial charge in [-0.1, -0.05) is 28.1 Å². The lowest BCUT2D eigenvalue weighted by Gasteiger charge is -2.09. The Kier molecular flexibility index (Phi) is 6.19. The molecule has 0 spiro atoms. The van der Waals surface area contributed by atoms with Crippen LogP contribution in [0, 0.1) is 0 Å². The molecule has 0 aromatic heterocycles. The van der Waals surface area contributed by atoms with Gasteiger partial charge in [-0.2, -0.15) is 0 Å². The zero-order chi connectivity index (χ0) is 11.8. The standard InChI is InChI=1S/C13H18BrNO/c1-3-4-5-8-15-10-11-9-12(14)6-7-13(11)16-2/h3-4,6-7,9,15H,5,8,10H2,1-2H3/b4-3+. The Hall–Kier alpha value is -0.800. The monoisotopic (exact) mass is 283 g/mol. The Balaban J connectivity index is 2.48. The highest BCUT2D eigenvalue weighted by Gasteiger charge is 2.02. The molecule has 1 aromatic carbocycles. The first-order valence-electron chi connectivity index (χ1n) is 5.42. The molecule has 0 aliphatic carbocycles. The van der Waals surface area contributed by atoms with Crippen molar-refractivity contribution in [3.05, 3.63) is 40.4 Å². The van der Waals surface area contributed by atoms with Gasteiger partial charge >= 0.3 is 0 Å². The largest absolute Gasteiger partial charge is 0.496 e. The molecule has 0 unspecified atom stereocenters. The summed E-state index contributed by atoms with van der Waals surface area (Å²) in [7, 11) is 1.70. The van der Waals surface area contributed by atoms with Crippen LogP contribution >= 0.6 is 15.9 Å². The fourth-order valence-corrected chi connectivity index (χ4v) is 1.87. The third-order valence-corrected chi connectivity index (χ3v) is 2.77. The third kappa shape index (κ3) is 4.37. The van der Waals surface area contributed by atoms with E-state index in [1.165, 1.54) is 5.56 Å². The van der Waals surface area contributed by atoms with Gasteiger partial charge in [-0.3, -0.25) is 0 Å². The predicted octanol–water partition coefficient (Wildman–Crippen LogP) is 3.51. The van der Waals surface area contributed by atoms with Crippen LogP contribution in [0.25, 0.3) is 0 Å². The fourth-order valence-electron chi connectivity index (χ4n) is 1.46. The maximum absolute atomic E-state index is 5.30. The van der Waals surface area contributed by atoms with Gasteiger partial charge in [-0.15, -0.1) is 0 Å². The molecule has 0 amide bonds. The molecule has 2 nitrogen and oxygen atoms in total. The van der Waals surface area contributed by atoms with Crippen molar-refractivity contribution in [1.29, 1.82) is 0 Å². The molecule has 0 heterocycles. The van der Waals surface area contributed by atoms with E-state index in [1.807, 2.05) is 19.1 Å². The predicted molar refractivity (Wildman–Crippen MR) is 71.8 cm³/mol. The zero-order valence-corrected chi connectivity index (χ0v) is 11.4. The molecular weight excluding hydrogens is 266 g/mol. The summed E-state index contributed by atoms with van der Waals surface area (Å²) < 4.78 is 6.39. The van der Waals surface area contributed by atoms with Crippen molar-refractivity contribution in [2.45, 2.75) is 19.9 Å². The first kappa shape index (κ1) is 13.3. The number of hydrogen-bond donors (Lipinski definition) is 1. The van der Waals surface area contributed by atoms with Crippen LogP contribution in [0.4, 0.5) is 0 Å². The van der Waals surface area contributed by atoms with Crippen molar-refractivity contribution in [1.82, 2.24) is 5.32 Å². The van der Waals surface area contributed by atoms with E-state index in [2.05, 4.69) is 39.5 Å². The van der Waals surface area contributed by atoms with Gasteiger partial charge in [0.2, 0.25) is 0 Å². The van der Waals surface area contributed by atoms with Crippen LogP contribution < -0.4 is 10.1 Å². The lowest BCUT2D eigenvalue weighted by Crippen LogP contribution is -2.14. The van der Waals surface area contributed by atoms with E-state index < -0.39 is 0 Å². The summed E-state index contributed by atoms with van der Waals surface area (Å²) in [5, 5.41) is 3.39. The van der Waals surface area contributed by atoms with Gasteiger partial charge in [0.15, 0.2) is 0 Å². The number of benzene rings is 1. The SMILES string of the molecule is C/C=C/CCNCc1cc(Br)ccc1OC. The first-order valence-corrected chi connectivity index (χ1v) is 6.21. The van der Waals surface area contributed by atoms with E-state index in [1.54, 1.807) is 7.11 Å². The van der Waals surface area contributed by atoms with Gasteiger partial charge in [0, 0.05) is 16.6 Å². The van der Waals surface area contributed by atoms with E-state index in [0.29, 0.717) is 0 Å². The summed E-state index contributed by atoms with van der Waals surface area (Å²) in [6.07, 6.45) is 5.29. The summed E-state index contributed by atoms with van der Waals surface area (Å²) in [5.41, 5.74) is 1.18. The molecule has 0 atom stereocenters. The summed E-state index contributed by atoms with van der Waals surface area (Å²) >= 11 is 3.46. The second-order valence-corrected chi connectivity index (χ2v) is 4.41. The highest BCUT2D eigenvalue weighted by molar-refractivity contribution is 9.10. The second-order valence-electron chi connectivity index (χ2n) is 3.49. The van der Waals surface area contributed by atoms with Crippen molar-refractivity contribution in [3.8, 4) is 5.75 Å². The average molecular weight is 284 g/mol. The van der Waals surface area contributed by atoms with Crippen LogP contribution in [0.3, 0.4) is 0 Å². The minimum absolute atomic E-state index is 0.833. The lowest BCUT2D eigenvalue weighted by molar-refractivity contribution is 0.407. The molecule has 1 N–H and O–H groups in total. The van der Waals surface area contributed by atoms with E-state index in [9.17, 15) is 0 Å². The van der Waals surface area contributed by atoms with Crippen molar-refractivity contribution < 1.29 is 4.74 Å². The third-order valence-electron chi connectivity index (χ3n) is 2.28. The smallest absolute Gasteiger partial charge is 0.123 e. The topological polar surface area (TPSA) is 21.3 Å². The Morgan fingerprint density at radius 1 is 1.44 bits per heavy atom. The minimum atomic E-state index is 0.833. The van der Waals surface area contributed by atoms with E-state index in [0.717, 1.165) is 29.7 Å². The maximum Gasteiger partial charge on any atom is 0.123 e.